The zero-order valence-electron chi connectivity index (χ0n) is 24.4. The molecule has 1 amide bonds. The van der Waals surface area contributed by atoms with Gasteiger partial charge in [0, 0.05) is 18.2 Å². The molecule has 0 saturated carbocycles. The fourth-order valence-electron chi connectivity index (χ4n) is 4.11. The van der Waals surface area contributed by atoms with E-state index in [9.17, 15) is 38.4 Å². The maximum absolute atomic E-state index is 14.5. The van der Waals surface area contributed by atoms with Gasteiger partial charge in [0.25, 0.3) is 11.5 Å². The molecule has 1 N–H and O–H groups in total. The SMILES string of the molecule is CCCCCCNC(=O)n1cc(F)c(=O)n(C(=O)c2cccc(C(=O)Oc3nc(OC(=O)c4ccccc4)ccc3C#N)c2)c1=O. The molecule has 4 aromatic rings. The average molecular weight is 628 g/mol. The number of benzene rings is 2. The van der Waals surface area contributed by atoms with Crippen molar-refractivity contribution in [1.82, 2.24) is 19.4 Å². The number of carbonyl (C=O) groups excluding carboxylic acids is 4. The summed E-state index contributed by atoms with van der Waals surface area (Å²) in [6.45, 7) is 2.19. The Hall–Kier alpha value is -6.23. The van der Waals surface area contributed by atoms with Crippen molar-refractivity contribution in [1.29, 1.82) is 5.26 Å². The molecular weight excluding hydrogens is 601 g/mol. The molecule has 2 heterocycles. The normalized spacial score (nSPS) is 10.5. The largest absolute Gasteiger partial charge is 0.404 e. The van der Waals surface area contributed by atoms with E-state index in [1.165, 1.54) is 36.4 Å². The monoisotopic (exact) mass is 627 g/mol. The third-order valence-corrected chi connectivity index (χ3v) is 6.47. The van der Waals surface area contributed by atoms with Gasteiger partial charge in [0.15, 0.2) is 0 Å². The van der Waals surface area contributed by atoms with Crippen LogP contribution < -0.4 is 26.0 Å². The quantitative estimate of drug-likeness (QED) is 0.201. The molecule has 46 heavy (non-hydrogen) atoms. The Labute approximate surface area is 260 Å². The number of halogens is 1. The number of pyridine rings is 1. The van der Waals surface area contributed by atoms with E-state index in [0.29, 0.717) is 12.6 Å². The van der Waals surface area contributed by atoms with Crippen LogP contribution in [-0.4, -0.2) is 44.5 Å². The first-order valence-corrected chi connectivity index (χ1v) is 14.0. The first-order chi connectivity index (χ1) is 22.1. The molecule has 2 aromatic carbocycles. The summed E-state index contributed by atoms with van der Waals surface area (Å²) in [5.74, 6) is -5.50. The molecule has 0 radical (unpaired) electrons. The van der Waals surface area contributed by atoms with E-state index in [1.54, 1.807) is 24.3 Å². The van der Waals surface area contributed by atoms with Crippen LogP contribution in [0.4, 0.5) is 9.18 Å². The van der Waals surface area contributed by atoms with Crippen LogP contribution >= 0.6 is 0 Å². The van der Waals surface area contributed by atoms with Crippen molar-refractivity contribution in [2.24, 2.45) is 0 Å². The Kier molecular flexibility index (Phi) is 10.6. The number of hydrogen-bond acceptors (Lipinski definition) is 10. The Morgan fingerprint density at radius 1 is 0.891 bits per heavy atom. The number of rotatable bonds is 10. The van der Waals surface area contributed by atoms with Crippen molar-refractivity contribution in [3.63, 3.8) is 0 Å². The number of hydrogen-bond donors (Lipinski definition) is 1. The van der Waals surface area contributed by atoms with Gasteiger partial charge in [0.2, 0.25) is 17.6 Å². The fraction of sp³-hybridized carbons (Fsp3) is 0.188. The third kappa shape index (κ3) is 7.64. The summed E-state index contributed by atoms with van der Waals surface area (Å²) in [6, 6.07) is 15.8. The van der Waals surface area contributed by atoms with Gasteiger partial charge in [-0.3, -0.25) is 9.59 Å². The highest BCUT2D eigenvalue weighted by molar-refractivity contribution is 5.99. The number of unbranched alkanes of at least 4 members (excludes halogenated alkanes) is 3. The molecule has 0 aliphatic heterocycles. The van der Waals surface area contributed by atoms with Gasteiger partial charge in [-0.2, -0.15) is 19.2 Å². The van der Waals surface area contributed by atoms with E-state index >= 15 is 0 Å². The first kappa shape index (κ1) is 32.7. The second kappa shape index (κ2) is 15.0. The summed E-state index contributed by atoms with van der Waals surface area (Å²) in [5, 5.41) is 11.9. The molecule has 0 bridgehead atoms. The van der Waals surface area contributed by atoms with E-state index in [2.05, 4.69) is 10.3 Å². The zero-order valence-corrected chi connectivity index (χ0v) is 24.4. The number of nitriles is 1. The Morgan fingerprint density at radius 3 is 2.30 bits per heavy atom. The lowest BCUT2D eigenvalue weighted by Crippen LogP contribution is -2.49. The van der Waals surface area contributed by atoms with Crippen molar-refractivity contribution in [2.75, 3.05) is 6.54 Å². The lowest BCUT2D eigenvalue weighted by molar-refractivity contribution is 0.0717. The lowest BCUT2D eigenvalue weighted by Gasteiger charge is -2.11. The molecule has 14 heteroatoms. The van der Waals surface area contributed by atoms with E-state index < -0.39 is 52.4 Å². The number of nitrogens with zero attached hydrogens (tertiary/aromatic N) is 4. The third-order valence-electron chi connectivity index (χ3n) is 6.47. The zero-order chi connectivity index (χ0) is 33.2. The second-order valence-electron chi connectivity index (χ2n) is 9.71. The van der Waals surface area contributed by atoms with Gasteiger partial charge in [-0.05, 0) is 42.8 Å². The molecule has 2 aromatic heterocycles. The van der Waals surface area contributed by atoms with Gasteiger partial charge >= 0.3 is 23.7 Å². The fourth-order valence-corrected chi connectivity index (χ4v) is 4.11. The molecule has 4 rings (SSSR count). The highest BCUT2D eigenvalue weighted by Gasteiger charge is 2.23. The highest BCUT2D eigenvalue weighted by Crippen LogP contribution is 2.22. The van der Waals surface area contributed by atoms with E-state index in [0.717, 1.165) is 31.4 Å². The topological polar surface area (TPSA) is 179 Å². The Morgan fingerprint density at radius 2 is 1.59 bits per heavy atom. The van der Waals surface area contributed by atoms with E-state index in [1.807, 2.05) is 6.92 Å². The molecule has 0 saturated heterocycles. The van der Waals surface area contributed by atoms with Crippen LogP contribution in [0.15, 0.2) is 82.5 Å². The highest BCUT2D eigenvalue weighted by atomic mass is 19.1. The van der Waals surface area contributed by atoms with Gasteiger partial charge in [-0.1, -0.05) is 50.5 Å². The van der Waals surface area contributed by atoms with Gasteiger partial charge in [-0.25, -0.2) is 23.7 Å². The van der Waals surface area contributed by atoms with Crippen molar-refractivity contribution in [2.45, 2.75) is 32.6 Å². The summed E-state index contributed by atoms with van der Waals surface area (Å²) in [6.07, 6.45) is 3.71. The summed E-state index contributed by atoms with van der Waals surface area (Å²) in [7, 11) is 0. The molecule has 0 aliphatic carbocycles. The number of aromatic nitrogens is 3. The van der Waals surface area contributed by atoms with Gasteiger partial charge < -0.3 is 14.8 Å². The van der Waals surface area contributed by atoms with Crippen molar-refractivity contribution in [3.8, 4) is 17.8 Å². The molecule has 0 spiro atoms. The average Bonchev–Trinajstić information content (AvgIpc) is 3.06. The molecule has 0 atom stereocenters. The van der Waals surface area contributed by atoms with Crippen LogP contribution in [0, 0.1) is 17.1 Å². The van der Waals surface area contributed by atoms with E-state index in [4.69, 9.17) is 9.47 Å². The summed E-state index contributed by atoms with van der Waals surface area (Å²) in [4.78, 5) is 80.6. The predicted octanol–water partition coefficient (Wildman–Crippen LogP) is 3.68. The van der Waals surface area contributed by atoms with Gasteiger partial charge in [0.1, 0.15) is 11.6 Å². The second-order valence-corrected chi connectivity index (χ2v) is 9.71. The number of ether oxygens (including phenoxy) is 2. The first-order valence-electron chi connectivity index (χ1n) is 14.0. The van der Waals surface area contributed by atoms with Crippen molar-refractivity contribution in [3.05, 3.63) is 122 Å². The molecule has 0 fully saturated rings. The number of amides is 1. The summed E-state index contributed by atoms with van der Waals surface area (Å²) in [5.41, 5.74) is -3.65. The Balaban J connectivity index is 1.56. The van der Waals surface area contributed by atoms with Gasteiger partial charge in [0.05, 0.1) is 17.3 Å². The predicted molar refractivity (Wildman–Crippen MR) is 159 cm³/mol. The van der Waals surface area contributed by atoms with Crippen molar-refractivity contribution < 1.29 is 33.0 Å². The minimum Gasteiger partial charge on any atom is -0.404 e. The lowest BCUT2D eigenvalue weighted by atomic mass is 10.1. The standard InChI is InChI=1S/C32H26FN5O8/c1-2-3-4-8-16-35-31(43)37-19-24(33)28(40)38(32(37)44)27(39)21-12-9-13-22(17-21)30(42)46-26-23(18-34)14-15-25(36-26)45-29(41)20-10-6-5-7-11-20/h5-7,9-15,17,19H,2-4,8,16H2,1H3,(H,35,43). The summed E-state index contributed by atoms with van der Waals surface area (Å²) < 4.78 is 25.2. The van der Waals surface area contributed by atoms with Crippen LogP contribution in [0.25, 0.3) is 0 Å². The van der Waals surface area contributed by atoms with Crippen LogP contribution in [0.5, 0.6) is 11.8 Å². The molecule has 0 aliphatic rings. The van der Waals surface area contributed by atoms with Crippen LogP contribution in [-0.2, 0) is 0 Å². The number of carbonyl (C=O) groups is 4. The minimum atomic E-state index is -1.60. The van der Waals surface area contributed by atoms with Gasteiger partial charge in [-0.15, -0.1) is 0 Å². The minimum absolute atomic E-state index is 0.0592. The van der Waals surface area contributed by atoms with Crippen LogP contribution in [0.3, 0.4) is 0 Å². The number of esters is 2. The summed E-state index contributed by atoms with van der Waals surface area (Å²) >= 11 is 0. The maximum Gasteiger partial charge on any atom is 0.346 e. The molecule has 13 nitrogen and oxygen atoms in total. The number of nitrogens with one attached hydrogen (secondary N) is 1. The van der Waals surface area contributed by atoms with Crippen LogP contribution in [0.1, 0.15) is 69.2 Å². The van der Waals surface area contributed by atoms with Crippen molar-refractivity contribution >= 4 is 23.9 Å². The smallest absolute Gasteiger partial charge is 0.346 e. The molecule has 0 unspecified atom stereocenters. The molecular formula is C32H26FN5O8. The Bertz CT molecular complexity index is 1960. The molecule has 234 valence electrons. The maximum atomic E-state index is 14.5. The van der Waals surface area contributed by atoms with E-state index in [-0.39, 0.29) is 38.2 Å². The van der Waals surface area contributed by atoms with Crippen LogP contribution in [0.2, 0.25) is 0 Å².